The Hall–Kier alpha value is -3.46. The molecule has 9 heteroatoms. The third-order valence-electron chi connectivity index (χ3n) is 3.26. The minimum absolute atomic E-state index is 0.0901. The molecule has 130 valence electrons. The maximum absolute atomic E-state index is 12.1. The zero-order valence-electron chi connectivity index (χ0n) is 13.3. The van der Waals surface area contributed by atoms with Crippen LogP contribution < -0.4 is 10.9 Å². The van der Waals surface area contributed by atoms with Crippen molar-refractivity contribution in [3.05, 3.63) is 82.7 Å². The molecule has 0 aliphatic heterocycles. The van der Waals surface area contributed by atoms with Crippen LogP contribution in [0.2, 0.25) is 0 Å². The Balaban J connectivity index is 1.82. The van der Waals surface area contributed by atoms with E-state index in [0.717, 1.165) is 16.7 Å². The van der Waals surface area contributed by atoms with Crippen LogP contribution in [-0.4, -0.2) is 20.8 Å². The van der Waals surface area contributed by atoms with E-state index in [1.165, 1.54) is 6.33 Å². The maximum atomic E-state index is 12.1. The fraction of sp³-hybridized carbons (Fsp3) is 0. The average Bonchev–Trinajstić information content (AvgIpc) is 2.67. The number of anilines is 1. The Kier molecular flexibility index (Phi) is 5.40. The van der Waals surface area contributed by atoms with Gasteiger partial charge in [-0.05, 0) is 24.3 Å². The molecular weight excluding hydrogens is 354 g/mol. The van der Waals surface area contributed by atoms with Crippen LogP contribution in [0.15, 0.2) is 76.9 Å². The fourth-order valence-electron chi connectivity index (χ4n) is 2.07. The molecule has 8 nitrogen and oxygen atoms in total. The number of carbonyl (C=O) groups excluding carboxylic acids is 1. The molecule has 0 fully saturated rings. The van der Waals surface area contributed by atoms with Crippen LogP contribution >= 0.6 is 11.8 Å². The van der Waals surface area contributed by atoms with Gasteiger partial charge in [0.15, 0.2) is 5.03 Å². The number of carbonyl (C=O) groups is 1. The van der Waals surface area contributed by atoms with Gasteiger partial charge in [-0.25, -0.2) is 9.97 Å². The number of amides is 1. The summed E-state index contributed by atoms with van der Waals surface area (Å²) in [5.74, 6) is -0.525. The normalized spacial score (nSPS) is 10.2. The summed E-state index contributed by atoms with van der Waals surface area (Å²) in [7, 11) is 0. The molecule has 0 aliphatic rings. The highest BCUT2D eigenvalue weighted by Gasteiger charge is 2.24. The molecule has 0 atom stereocenters. The van der Waals surface area contributed by atoms with Crippen molar-refractivity contribution in [1.29, 1.82) is 0 Å². The molecule has 0 saturated carbocycles. The average molecular weight is 367 g/mol. The third kappa shape index (κ3) is 4.14. The predicted molar refractivity (Wildman–Crippen MR) is 96.8 cm³/mol. The summed E-state index contributed by atoms with van der Waals surface area (Å²) in [6.45, 7) is 0. The summed E-state index contributed by atoms with van der Waals surface area (Å²) in [6.07, 6.45) is 1.20. The number of rotatable bonds is 6. The molecule has 3 aromatic rings. The van der Waals surface area contributed by atoms with Gasteiger partial charge >= 0.3 is 5.69 Å². The smallest absolute Gasteiger partial charge is 0.276 e. The van der Waals surface area contributed by atoms with E-state index in [1.54, 1.807) is 30.3 Å². The first-order valence-corrected chi connectivity index (χ1v) is 8.30. The largest absolute Gasteiger partial charge is 0.345 e. The van der Waals surface area contributed by atoms with Crippen LogP contribution in [0.3, 0.4) is 0 Å². The van der Waals surface area contributed by atoms with Crippen LogP contribution in [0.4, 0.5) is 11.5 Å². The van der Waals surface area contributed by atoms with E-state index < -0.39 is 10.8 Å². The number of nitrogens with one attached hydrogen (secondary N) is 2. The van der Waals surface area contributed by atoms with Gasteiger partial charge in [0, 0.05) is 10.5 Å². The molecule has 0 bridgehead atoms. The number of nitrogens with zero attached hydrogens (tertiary/aromatic N) is 3. The van der Waals surface area contributed by atoms with Crippen molar-refractivity contribution >= 4 is 29.2 Å². The molecule has 26 heavy (non-hydrogen) atoms. The second-order valence-electron chi connectivity index (χ2n) is 4.99. The van der Waals surface area contributed by atoms with Crippen LogP contribution in [-0.2, 0) is 0 Å². The number of nitro groups is 1. The molecule has 1 aromatic heterocycles. The lowest BCUT2D eigenvalue weighted by Crippen LogP contribution is -2.30. The lowest BCUT2D eigenvalue weighted by atomic mass is 10.2. The summed E-state index contributed by atoms with van der Waals surface area (Å²) >= 11 is 1.14. The summed E-state index contributed by atoms with van der Waals surface area (Å²) in [4.78, 5) is 31.7. The molecule has 0 aliphatic carbocycles. The van der Waals surface area contributed by atoms with Gasteiger partial charge in [-0.2, -0.15) is 0 Å². The number of benzene rings is 2. The van der Waals surface area contributed by atoms with Gasteiger partial charge < -0.3 is 0 Å². The van der Waals surface area contributed by atoms with Crippen molar-refractivity contribution in [1.82, 2.24) is 15.4 Å². The highest BCUT2D eigenvalue weighted by Crippen LogP contribution is 2.36. The van der Waals surface area contributed by atoms with Gasteiger partial charge in [0.2, 0.25) is 5.82 Å². The number of hydrogen-bond acceptors (Lipinski definition) is 7. The first-order valence-electron chi connectivity index (χ1n) is 7.49. The SMILES string of the molecule is O=C(NNc1ncnc(Sc2ccccc2)c1[N+](=O)[O-])c1ccccc1. The summed E-state index contributed by atoms with van der Waals surface area (Å²) < 4.78 is 0. The molecule has 0 unspecified atom stereocenters. The van der Waals surface area contributed by atoms with Gasteiger partial charge in [-0.15, -0.1) is 0 Å². The standard InChI is InChI=1S/C17H13N5O3S/c23-16(12-7-3-1-4-8-12)21-20-15-14(22(24)25)17(19-11-18-15)26-13-9-5-2-6-10-13/h1-11H,(H,21,23)(H,18,19,20). The quantitative estimate of drug-likeness (QED) is 0.391. The molecule has 1 heterocycles. The van der Waals surface area contributed by atoms with E-state index >= 15 is 0 Å². The summed E-state index contributed by atoms with van der Waals surface area (Å²) in [6, 6.07) is 17.6. The van der Waals surface area contributed by atoms with Crippen molar-refractivity contribution in [2.75, 3.05) is 5.43 Å². The summed E-state index contributed by atoms with van der Waals surface area (Å²) in [5, 5.41) is 11.7. The second-order valence-corrected chi connectivity index (χ2v) is 6.06. The first-order chi connectivity index (χ1) is 12.6. The van der Waals surface area contributed by atoms with Crippen molar-refractivity contribution in [3.63, 3.8) is 0 Å². The van der Waals surface area contributed by atoms with Crippen LogP contribution in [0.25, 0.3) is 0 Å². The molecule has 0 spiro atoms. The molecule has 0 radical (unpaired) electrons. The lowest BCUT2D eigenvalue weighted by molar-refractivity contribution is -0.387. The number of aromatic nitrogens is 2. The van der Waals surface area contributed by atoms with E-state index in [2.05, 4.69) is 20.8 Å². The van der Waals surface area contributed by atoms with Crippen LogP contribution in [0.1, 0.15) is 10.4 Å². The number of hydrazine groups is 1. The van der Waals surface area contributed by atoms with E-state index in [0.29, 0.717) is 5.56 Å². The lowest BCUT2D eigenvalue weighted by Gasteiger charge is -2.09. The molecule has 0 saturated heterocycles. The molecule has 2 N–H and O–H groups in total. The van der Waals surface area contributed by atoms with Crippen molar-refractivity contribution in [3.8, 4) is 0 Å². The van der Waals surface area contributed by atoms with Gasteiger partial charge in [0.1, 0.15) is 6.33 Å². The Morgan fingerprint density at radius 3 is 2.31 bits per heavy atom. The molecule has 1 amide bonds. The topological polar surface area (TPSA) is 110 Å². The molecule has 3 rings (SSSR count). The number of hydrogen-bond donors (Lipinski definition) is 2. The predicted octanol–water partition coefficient (Wildman–Crippen LogP) is 3.29. The van der Waals surface area contributed by atoms with E-state index in [9.17, 15) is 14.9 Å². The third-order valence-corrected chi connectivity index (χ3v) is 4.26. The van der Waals surface area contributed by atoms with Crippen molar-refractivity contribution in [2.24, 2.45) is 0 Å². The fourth-order valence-corrected chi connectivity index (χ4v) is 2.96. The van der Waals surface area contributed by atoms with E-state index in [4.69, 9.17) is 0 Å². The van der Waals surface area contributed by atoms with Crippen LogP contribution in [0, 0.1) is 10.1 Å². The Morgan fingerprint density at radius 1 is 1.00 bits per heavy atom. The Morgan fingerprint density at radius 2 is 1.65 bits per heavy atom. The van der Waals surface area contributed by atoms with Crippen LogP contribution in [0.5, 0.6) is 0 Å². The monoisotopic (exact) mass is 367 g/mol. The van der Waals surface area contributed by atoms with Gasteiger partial charge in [0.05, 0.1) is 4.92 Å². The minimum Gasteiger partial charge on any atom is -0.276 e. The van der Waals surface area contributed by atoms with E-state index in [-0.39, 0.29) is 16.5 Å². The molecule has 2 aromatic carbocycles. The van der Waals surface area contributed by atoms with E-state index in [1.807, 2.05) is 30.3 Å². The molecular formula is C17H13N5O3S. The zero-order chi connectivity index (χ0) is 18.4. The zero-order valence-corrected chi connectivity index (χ0v) is 14.1. The highest BCUT2D eigenvalue weighted by molar-refractivity contribution is 7.99. The highest BCUT2D eigenvalue weighted by atomic mass is 32.2. The first kappa shape index (κ1) is 17.4. The Bertz CT molecular complexity index is 922. The van der Waals surface area contributed by atoms with Gasteiger partial charge in [-0.3, -0.25) is 25.8 Å². The minimum atomic E-state index is -0.581. The van der Waals surface area contributed by atoms with Crippen molar-refractivity contribution < 1.29 is 9.72 Å². The second kappa shape index (κ2) is 8.08. The van der Waals surface area contributed by atoms with Gasteiger partial charge in [-0.1, -0.05) is 48.2 Å². The maximum Gasteiger partial charge on any atom is 0.345 e. The summed E-state index contributed by atoms with van der Waals surface area (Å²) in [5.41, 5.74) is 5.02. The van der Waals surface area contributed by atoms with Gasteiger partial charge in [0.25, 0.3) is 5.91 Å². The Labute approximate surface area is 152 Å². The van der Waals surface area contributed by atoms with Crippen molar-refractivity contribution in [2.45, 2.75) is 9.92 Å².